The number of alkyl halides is 2. The Hall–Kier alpha value is -1.96. The van der Waals surface area contributed by atoms with Crippen molar-refractivity contribution in [2.45, 2.75) is 19.8 Å². The first-order chi connectivity index (χ1) is 7.47. The second-order valence-electron chi connectivity index (χ2n) is 3.29. The van der Waals surface area contributed by atoms with E-state index in [4.69, 9.17) is 10.4 Å². The van der Waals surface area contributed by atoms with E-state index >= 15 is 0 Å². The standard InChI is InChI=1S/C11H9F2NO2/c1-6-7(4-9(15)16)2-3-8(5-14)10(6)11(12)13/h2-3,11H,4H2,1H3,(H,15,16). The predicted octanol–water partition coefficient (Wildman–Crippen LogP) is 2.43. The van der Waals surface area contributed by atoms with Gasteiger partial charge < -0.3 is 5.11 Å². The molecule has 1 N–H and O–H groups in total. The SMILES string of the molecule is Cc1c(CC(=O)O)ccc(C#N)c1C(F)F. The highest BCUT2D eigenvalue weighted by Crippen LogP contribution is 2.28. The molecule has 0 aromatic heterocycles. The third-order valence-corrected chi connectivity index (χ3v) is 2.31. The Morgan fingerprint density at radius 2 is 2.19 bits per heavy atom. The molecule has 0 spiro atoms. The lowest BCUT2D eigenvalue weighted by Crippen LogP contribution is -2.05. The molecule has 1 aromatic rings. The zero-order valence-corrected chi connectivity index (χ0v) is 8.50. The first kappa shape index (κ1) is 12.1. The molecular weight excluding hydrogens is 216 g/mol. The molecule has 84 valence electrons. The Kier molecular flexibility index (Phi) is 3.56. The number of benzene rings is 1. The summed E-state index contributed by atoms with van der Waals surface area (Å²) in [6.07, 6.45) is -3.10. The number of hydrogen-bond donors (Lipinski definition) is 1. The highest BCUT2D eigenvalue weighted by molar-refractivity contribution is 5.71. The summed E-state index contributed by atoms with van der Waals surface area (Å²) in [6.45, 7) is 1.40. The summed E-state index contributed by atoms with van der Waals surface area (Å²) in [5.74, 6) is -1.09. The number of carboxylic acid groups (broad SMARTS) is 1. The van der Waals surface area contributed by atoms with Crippen molar-refractivity contribution in [2.75, 3.05) is 0 Å². The minimum Gasteiger partial charge on any atom is -0.481 e. The van der Waals surface area contributed by atoms with Gasteiger partial charge in [-0.2, -0.15) is 5.26 Å². The van der Waals surface area contributed by atoms with Gasteiger partial charge in [0.25, 0.3) is 6.43 Å². The summed E-state index contributed by atoms with van der Waals surface area (Å²) in [5.41, 5.74) is 0.00105. The van der Waals surface area contributed by atoms with Crippen LogP contribution in [0.1, 0.15) is 28.7 Å². The fourth-order valence-electron chi connectivity index (χ4n) is 1.51. The average Bonchev–Trinajstić information content (AvgIpc) is 2.19. The van der Waals surface area contributed by atoms with Crippen molar-refractivity contribution in [1.82, 2.24) is 0 Å². The molecule has 16 heavy (non-hydrogen) atoms. The zero-order valence-electron chi connectivity index (χ0n) is 8.50. The fourth-order valence-corrected chi connectivity index (χ4v) is 1.51. The van der Waals surface area contributed by atoms with Gasteiger partial charge in [0.1, 0.15) is 0 Å². The monoisotopic (exact) mass is 225 g/mol. The number of carboxylic acids is 1. The van der Waals surface area contributed by atoms with E-state index in [0.717, 1.165) is 0 Å². The van der Waals surface area contributed by atoms with E-state index < -0.39 is 12.4 Å². The van der Waals surface area contributed by atoms with E-state index in [1.54, 1.807) is 6.07 Å². The Morgan fingerprint density at radius 3 is 2.62 bits per heavy atom. The first-order valence-corrected chi connectivity index (χ1v) is 4.49. The van der Waals surface area contributed by atoms with Crippen LogP contribution in [0.2, 0.25) is 0 Å². The van der Waals surface area contributed by atoms with Gasteiger partial charge in [0, 0.05) is 5.56 Å². The van der Waals surface area contributed by atoms with Gasteiger partial charge in [-0.15, -0.1) is 0 Å². The molecule has 3 nitrogen and oxygen atoms in total. The molecule has 0 amide bonds. The van der Waals surface area contributed by atoms with E-state index in [-0.39, 0.29) is 23.1 Å². The van der Waals surface area contributed by atoms with Crippen molar-refractivity contribution in [3.63, 3.8) is 0 Å². The smallest absolute Gasteiger partial charge is 0.307 e. The molecule has 5 heteroatoms. The molecule has 0 aliphatic heterocycles. The predicted molar refractivity (Wildman–Crippen MR) is 52.2 cm³/mol. The van der Waals surface area contributed by atoms with Gasteiger partial charge in [-0.3, -0.25) is 4.79 Å². The number of aliphatic carboxylic acids is 1. The van der Waals surface area contributed by atoms with Crippen LogP contribution in [0.5, 0.6) is 0 Å². The largest absolute Gasteiger partial charge is 0.481 e. The third kappa shape index (κ3) is 2.34. The van der Waals surface area contributed by atoms with Gasteiger partial charge in [-0.1, -0.05) is 6.07 Å². The maximum absolute atomic E-state index is 12.7. The van der Waals surface area contributed by atoms with Crippen molar-refractivity contribution >= 4 is 5.97 Å². The van der Waals surface area contributed by atoms with Crippen molar-refractivity contribution in [1.29, 1.82) is 5.26 Å². The molecule has 0 atom stereocenters. The van der Waals surface area contributed by atoms with Gasteiger partial charge >= 0.3 is 5.97 Å². The third-order valence-electron chi connectivity index (χ3n) is 2.31. The summed E-state index contributed by atoms with van der Waals surface area (Å²) < 4.78 is 25.4. The molecule has 1 rings (SSSR count). The molecule has 0 aliphatic rings. The maximum atomic E-state index is 12.7. The average molecular weight is 225 g/mol. The molecule has 0 fully saturated rings. The molecule has 0 radical (unpaired) electrons. The summed E-state index contributed by atoms with van der Waals surface area (Å²) in [6, 6.07) is 4.30. The summed E-state index contributed by atoms with van der Waals surface area (Å²) in [5, 5.41) is 17.3. The number of rotatable bonds is 3. The second kappa shape index (κ2) is 4.71. The van der Waals surface area contributed by atoms with Gasteiger partial charge in [0.05, 0.1) is 18.1 Å². The van der Waals surface area contributed by atoms with E-state index in [0.29, 0.717) is 5.56 Å². The van der Waals surface area contributed by atoms with Crippen LogP contribution in [0.4, 0.5) is 8.78 Å². The van der Waals surface area contributed by atoms with Crippen LogP contribution >= 0.6 is 0 Å². The lowest BCUT2D eigenvalue weighted by molar-refractivity contribution is -0.136. The molecule has 0 heterocycles. The fraction of sp³-hybridized carbons (Fsp3) is 0.273. The Morgan fingerprint density at radius 1 is 1.56 bits per heavy atom. The van der Waals surface area contributed by atoms with E-state index in [1.165, 1.54) is 19.1 Å². The number of hydrogen-bond acceptors (Lipinski definition) is 2. The first-order valence-electron chi connectivity index (χ1n) is 4.49. The normalized spacial score (nSPS) is 10.2. The van der Waals surface area contributed by atoms with Crippen LogP contribution in [0.15, 0.2) is 12.1 Å². The molecule has 0 unspecified atom stereocenters. The summed E-state index contributed by atoms with van der Waals surface area (Å²) in [7, 11) is 0. The Labute approximate surface area is 90.9 Å². The number of carbonyl (C=O) groups is 1. The highest BCUT2D eigenvalue weighted by atomic mass is 19.3. The summed E-state index contributed by atoms with van der Waals surface area (Å²) >= 11 is 0. The molecule has 0 bridgehead atoms. The topological polar surface area (TPSA) is 61.1 Å². The van der Waals surface area contributed by atoms with Crippen molar-refractivity contribution < 1.29 is 18.7 Å². The second-order valence-corrected chi connectivity index (χ2v) is 3.29. The molecule has 0 saturated heterocycles. The lowest BCUT2D eigenvalue weighted by Gasteiger charge is -2.11. The van der Waals surface area contributed by atoms with E-state index in [1.807, 2.05) is 0 Å². The minimum atomic E-state index is -2.77. The van der Waals surface area contributed by atoms with Gasteiger partial charge in [0.2, 0.25) is 0 Å². The molecule has 1 aromatic carbocycles. The minimum absolute atomic E-state index is 0.110. The van der Waals surface area contributed by atoms with Crippen molar-refractivity contribution in [2.24, 2.45) is 0 Å². The van der Waals surface area contributed by atoms with Gasteiger partial charge in [0.15, 0.2) is 0 Å². The van der Waals surface area contributed by atoms with Crippen LogP contribution in [0.25, 0.3) is 0 Å². The zero-order chi connectivity index (χ0) is 12.3. The van der Waals surface area contributed by atoms with Gasteiger partial charge in [-0.25, -0.2) is 8.78 Å². The lowest BCUT2D eigenvalue weighted by atomic mass is 9.96. The molecule has 0 aliphatic carbocycles. The Balaban J connectivity index is 3.33. The van der Waals surface area contributed by atoms with Crippen molar-refractivity contribution in [3.8, 4) is 6.07 Å². The van der Waals surface area contributed by atoms with Crippen LogP contribution in [0, 0.1) is 18.3 Å². The number of nitriles is 1. The summed E-state index contributed by atoms with van der Waals surface area (Å²) in [4.78, 5) is 10.5. The quantitative estimate of drug-likeness (QED) is 0.859. The van der Waals surface area contributed by atoms with Crippen LogP contribution < -0.4 is 0 Å². The van der Waals surface area contributed by atoms with Crippen molar-refractivity contribution in [3.05, 3.63) is 34.4 Å². The van der Waals surface area contributed by atoms with Gasteiger partial charge in [-0.05, 0) is 24.1 Å². The van der Waals surface area contributed by atoms with E-state index in [2.05, 4.69) is 0 Å². The van der Waals surface area contributed by atoms with E-state index in [9.17, 15) is 13.6 Å². The molecular formula is C11H9F2NO2. The Bertz CT molecular complexity index is 464. The maximum Gasteiger partial charge on any atom is 0.307 e. The highest BCUT2D eigenvalue weighted by Gasteiger charge is 2.19. The molecule has 0 saturated carbocycles. The van der Waals surface area contributed by atoms with Crippen LogP contribution in [0.3, 0.4) is 0 Å². The van der Waals surface area contributed by atoms with Crippen LogP contribution in [-0.2, 0) is 11.2 Å². The number of halogens is 2. The number of nitrogens with zero attached hydrogens (tertiary/aromatic N) is 1. The van der Waals surface area contributed by atoms with Crippen LogP contribution in [-0.4, -0.2) is 11.1 Å².